The Labute approximate surface area is 110 Å². The Kier molecular flexibility index (Phi) is 15.5. The maximum atomic E-state index is 5.36. The molecule has 90 valence electrons. The van der Waals surface area contributed by atoms with Gasteiger partial charge in [-0.05, 0) is 0 Å². The van der Waals surface area contributed by atoms with Crippen molar-refractivity contribution < 1.29 is 9.47 Å². The molecule has 0 aromatic heterocycles. The molecule has 0 atom stereocenters. The predicted octanol–water partition coefficient (Wildman–Crippen LogP) is 3.48. The average Bonchev–Trinajstić information content (AvgIpc) is 2.31. The van der Waals surface area contributed by atoms with Crippen molar-refractivity contribution >= 4 is 17.7 Å². The van der Waals surface area contributed by atoms with Gasteiger partial charge < -0.3 is 0 Å². The third kappa shape index (κ3) is 14.3. The Balaban J connectivity index is 2.93. The summed E-state index contributed by atoms with van der Waals surface area (Å²) < 4.78 is 10.7. The van der Waals surface area contributed by atoms with E-state index in [0.29, 0.717) is 6.79 Å². The molecule has 2 nitrogen and oxygen atoms in total. The molecule has 0 radical (unpaired) electrons. The minimum Gasteiger partial charge on any atom is -0.0654 e. The Morgan fingerprint density at radius 2 is 1.69 bits per heavy atom. The second kappa shape index (κ2) is 15.3. The van der Waals surface area contributed by atoms with E-state index >= 15 is 0 Å². The molecule has 0 spiro atoms. The second-order valence-electron chi connectivity index (χ2n) is 4.04. The number of unbranched alkanes of at least 4 members (excludes halogenated alkanes) is 3. The van der Waals surface area contributed by atoms with E-state index in [9.17, 15) is 0 Å². The number of ether oxygens (including phenoxy) is 2. The third-order valence-corrected chi connectivity index (χ3v) is 2.36. The molecule has 0 fully saturated rings. The summed E-state index contributed by atoms with van der Waals surface area (Å²) in [6.45, 7) is 4.28. The average molecular weight is 220 g/mol. The van der Waals surface area contributed by atoms with Crippen molar-refractivity contribution in [1.29, 1.82) is 0 Å². The normalized spacial score (nSPS) is 11.4. The van der Waals surface area contributed by atoms with Gasteiger partial charge in [0, 0.05) is 0 Å². The first-order valence-electron chi connectivity index (χ1n) is 6.72. The molecule has 0 aliphatic carbocycles. The Bertz CT molecular complexity index is 149. The molecule has 3 heteroatoms. The molecule has 0 heterocycles. The molecule has 0 aliphatic heterocycles. The van der Waals surface area contributed by atoms with Crippen LogP contribution in [0.1, 0.15) is 45.4 Å². The van der Waals surface area contributed by atoms with Crippen molar-refractivity contribution in [3.8, 4) is 0 Å². The molecule has 0 aromatic carbocycles. The Morgan fingerprint density at radius 3 is 2.44 bits per heavy atom. The molecule has 0 unspecified atom stereocenters. The van der Waals surface area contributed by atoms with E-state index in [1.54, 1.807) is 0 Å². The van der Waals surface area contributed by atoms with E-state index in [2.05, 4.69) is 36.8 Å². The molecule has 0 rings (SSSR count). The van der Waals surface area contributed by atoms with Gasteiger partial charge in [0.15, 0.2) is 0 Å². The molecule has 0 saturated heterocycles. The molecular formula is C13H25LiO2. The Morgan fingerprint density at radius 1 is 0.938 bits per heavy atom. The van der Waals surface area contributed by atoms with E-state index < -0.39 is 0 Å². The van der Waals surface area contributed by atoms with Crippen molar-refractivity contribution in [2.75, 3.05) is 20.0 Å². The van der Waals surface area contributed by atoms with Crippen LogP contribution in [-0.4, -0.2) is 37.7 Å². The van der Waals surface area contributed by atoms with Crippen molar-refractivity contribution in [1.82, 2.24) is 0 Å². The zero-order valence-electron chi connectivity index (χ0n) is 11.0. The monoisotopic (exact) mass is 220 g/mol. The van der Waals surface area contributed by atoms with E-state index in [0.717, 1.165) is 26.1 Å². The molecule has 0 aliphatic rings. The van der Waals surface area contributed by atoms with Gasteiger partial charge in [-0.15, -0.1) is 0 Å². The smallest absolute Gasteiger partial charge is 0.0654 e. The molecule has 0 aromatic rings. The molecule has 0 saturated carbocycles. The van der Waals surface area contributed by atoms with Crippen molar-refractivity contribution in [2.45, 2.75) is 50.5 Å². The van der Waals surface area contributed by atoms with Crippen LogP contribution in [0.5, 0.6) is 0 Å². The van der Waals surface area contributed by atoms with Crippen LogP contribution in [0, 0.1) is 0 Å². The molecule has 0 amide bonds. The van der Waals surface area contributed by atoms with E-state index in [-0.39, 0.29) is 0 Å². The van der Waals surface area contributed by atoms with E-state index in [4.69, 9.17) is 9.47 Å². The fraction of sp³-hybridized carbons (Fsp3) is 0.846. The Hall–Kier alpha value is 0.257. The summed E-state index contributed by atoms with van der Waals surface area (Å²) in [5, 5.41) is 1.22. The number of allylic oxidation sites excluding steroid dienone is 1. The van der Waals surface area contributed by atoms with Crippen LogP contribution >= 0.6 is 0 Å². The van der Waals surface area contributed by atoms with Crippen LogP contribution in [0.3, 0.4) is 0 Å². The van der Waals surface area contributed by atoms with E-state index in [1.165, 1.54) is 30.8 Å². The van der Waals surface area contributed by atoms with Gasteiger partial charge in [-0.2, -0.15) is 0 Å². The van der Waals surface area contributed by atoms with Gasteiger partial charge in [-0.3, -0.25) is 0 Å². The first-order valence-corrected chi connectivity index (χ1v) is 6.72. The third-order valence-electron chi connectivity index (χ3n) is 2.36. The fourth-order valence-corrected chi connectivity index (χ4v) is 1.36. The van der Waals surface area contributed by atoms with Crippen LogP contribution in [-0.2, 0) is 9.47 Å². The van der Waals surface area contributed by atoms with Gasteiger partial charge in [-0.25, -0.2) is 0 Å². The minimum atomic E-state index is 0.452. The maximum absolute atomic E-state index is 5.36. The zero-order valence-corrected chi connectivity index (χ0v) is 11.0. The number of rotatable bonds is 12. The SMILES string of the molecule is [Li][CH2]C/C=C\CCOCOCCCCCC. The molecular weight excluding hydrogens is 195 g/mol. The van der Waals surface area contributed by atoms with Gasteiger partial charge in [-0.1, -0.05) is 19.8 Å². The fourth-order valence-electron chi connectivity index (χ4n) is 1.36. The van der Waals surface area contributed by atoms with Crippen molar-refractivity contribution in [2.24, 2.45) is 0 Å². The van der Waals surface area contributed by atoms with Gasteiger partial charge in [0.05, 0.1) is 0 Å². The summed E-state index contributed by atoms with van der Waals surface area (Å²) in [5.41, 5.74) is 0. The summed E-state index contributed by atoms with van der Waals surface area (Å²) in [7, 11) is 0. The van der Waals surface area contributed by atoms with E-state index in [1.807, 2.05) is 0 Å². The van der Waals surface area contributed by atoms with Crippen LogP contribution in [0.25, 0.3) is 0 Å². The van der Waals surface area contributed by atoms with Crippen molar-refractivity contribution in [3.63, 3.8) is 0 Å². The topological polar surface area (TPSA) is 18.5 Å². The summed E-state index contributed by atoms with van der Waals surface area (Å²) >= 11 is 2.19. The van der Waals surface area contributed by atoms with Gasteiger partial charge >= 0.3 is 90.1 Å². The van der Waals surface area contributed by atoms with Gasteiger partial charge in [0.2, 0.25) is 0 Å². The van der Waals surface area contributed by atoms with Crippen molar-refractivity contribution in [3.05, 3.63) is 12.2 Å². The zero-order chi connectivity index (χ0) is 11.9. The summed E-state index contributed by atoms with van der Waals surface area (Å²) in [6.07, 6.45) is 11.6. The second-order valence-corrected chi connectivity index (χ2v) is 4.04. The molecule has 0 bridgehead atoms. The predicted molar refractivity (Wildman–Crippen MR) is 69.8 cm³/mol. The summed E-state index contributed by atoms with van der Waals surface area (Å²) in [6, 6.07) is 0. The van der Waals surface area contributed by atoms with Crippen LogP contribution in [0.4, 0.5) is 0 Å². The summed E-state index contributed by atoms with van der Waals surface area (Å²) in [5.74, 6) is 0. The molecule has 0 N–H and O–H groups in total. The van der Waals surface area contributed by atoms with Crippen LogP contribution in [0.2, 0.25) is 5.09 Å². The van der Waals surface area contributed by atoms with Gasteiger partial charge in [0.1, 0.15) is 0 Å². The standard InChI is InChI=1S/C13H25O2.Li/c1-3-5-7-9-11-14-13-15-12-10-8-6-4-2;/h5,7H,1,3-4,6,8-13H2,2H3;/b7-5-;. The van der Waals surface area contributed by atoms with Gasteiger partial charge in [0.25, 0.3) is 0 Å². The molecule has 16 heavy (non-hydrogen) atoms. The van der Waals surface area contributed by atoms with Crippen LogP contribution < -0.4 is 0 Å². The first-order chi connectivity index (χ1) is 7.91. The first kappa shape index (κ1) is 16.3. The number of hydrogen-bond donors (Lipinski definition) is 0. The number of hydrogen-bond acceptors (Lipinski definition) is 2. The quantitative estimate of drug-likeness (QED) is 0.217. The summed E-state index contributed by atoms with van der Waals surface area (Å²) in [4.78, 5) is 0. The minimum absolute atomic E-state index is 0.452. The van der Waals surface area contributed by atoms with Crippen LogP contribution in [0.15, 0.2) is 12.2 Å².